The molecule has 5 N–H and O–H groups in total. The molecule has 0 aliphatic heterocycles. The van der Waals surface area contributed by atoms with Crippen LogP contribution in [0, 0.1) is 0 Å². The van der Waals surface area contributed by atoms with Crippen molar-refractivity contribution in [2.75, 3.05) is 26.4 Å². The SMILES string of the molecule is CCCCCCCCCCCCCCCCCC(=O)OCC(COP(=O)(O)O)OC(=O)CCCCCCCCCCCCCCCCC.OCC(O)CO. The summed E-state index contributed by atoms with van der Waals surface area (Å²) in [4.78, 5) is 42.8. The summed E-state index contributed by atoms with van der Waals surface area (Å²) in [6, 6.07) is 0. The molecule has 0 aliphatic rings. The molecule has 0 rings (SSSR count). The first-order valence-corrected chi connectivity index (χ1v) is 23.6. The Hall–Kier alpha value is -1.07. The molecule has 1 unspecified atom stereocenters. The number of carbonyl (C=O) groups is 2. The lowest BCUT2D eigenvalue weighted by Gasteiger charge is -2.18. The summed E-state index contributed by atoms with van der Waals surface area (Å²) in [5.41, 5.74) is 0. The van der Waals surface area contributed by atoms with Crippen molar-refractivity contribution in [2.24, 2.45) is 0 Å². The largest absolute Gasteiger partial charge is 0.469 e. The lowest BCUT2D eigenvalue weighted by Crippen LogP contribution is -2.29. The van der Waals surface area contributed by atoms with E-state index in [0.29, 0.717) is 6.42 Å². The standard InChI is InChI=1S/C39H77O8P.C3H8O3/c1-3-5-7-9-11-13-15-17-19-21-23-25-27-29-31-33-38(40)45-35-37(36-46-48(42,43)44)47-39(41)34-32-30-28-26-24-22-20-18-16-14-12-10-8-6-4-2;4-1-3(6)2-5/h37H,3-36H2,1-2H3,(H2,42,43,44);3-6H,1-2H2. The summed E-state index contributed by atoms with van der Waals surface area (Å²) in [5.74, 6) is -0.869. The molecule has 0 amide bonds. The highest BCUT2D eigenvalue weighted by Crippen LogP contribution is 2.36. The van der Waals surface area contributed by atoms with Crippen LogP contribution in [0.5, 0.6) is 0 Å². The quantitative estimate of drug-likeness (QED) is 0.0226. The fourth-order valence-corrected chi connectivity index (χ4v) is 6.50. The van der Waals surface area contributed by atoms with Gasteiger partial charge >= 0.3 is 19.8 Å². The van der Waals surface area contributed by atoms with Crippen molar-refractivity contribution < 1.29 is 53.3 Å². The van der Waals surface area contributed by atoms with Crippen molar-refractivity contribution in [3.63, 3.8) is 0 Å². The fourth-order valence-electron chi connectivity index (χ4n) is 6.14. The molecule has 0 radical (unpaired) electrons. The Kier molecular flexibility index (Phi) is 43.9. The van der Waals surface area contributed by atoms with E-state index in [1.807, 2.05) is 0 Å². The van der Waals surface area contributed by atoms with Crippen LogP contribution in [0.4, 0.5) is 0 Å². The molecule has 0 aliphatic carbocycles. The van der Waals surface area contributed by atoms with Crippen molar-refractivity contribution in [1.82, 2.24) is 0 Å². The third kappa shape index (κ3) is 47.1. The van der Waals surface area contributed by atoms with Gasteiger partial charge in [-0.05, 0) is 12.8 Å². The Balaban J connectivity index is 0. The second kappa shape index (κ2) is 43.1. The van der Waals surface area contributed by atoms with Crippen LogP contribution in [-0.2, 0) is 28.2 Å². The van der Waals surface area contributed by atoms with E-state index >= 15 is 0 Å². The maximum Gasteiger partial charge on any atom is 0.469 e. The Morgan fingerprint density at radius 2 is 0.778 bits per heavy atom. The lowest BCUT2D eigenvalue weighted by molar-refractivity contribution is -0.161. The number of esters is 2. The molecular weight excluding hydrogens is 711 g/mol. The van der Waals surface area contributed by atoms with E-state index in [1.165, 1.54) is 154 Å². The molecule has 0 aromatic rings. The van der Waals surface area contributed by atoms with Crippen LogP contribution in [0.3, 0.4) is 0 Å². The molecule has 12 heteroatoms. The van der Waals surface area contributed by atoms with E-state index < -0.39 is 38.6 Å². The predicted molar refractivity (Wildman–Crippen MR) is 218 cm³/mol. The average Bonchev–Trinajstić information content (AvgIpc) is 3.15. The Morgan fingerprint density at radius 1 is 0.481 bits per heavy atom. The van der Waals surface area contributed by atoms with Crippen molar-refractivity contribution in [3.05, 3.63) is 0 Å². The third-order valence-corrected chi connectivity index (χ3v) is 10.0. The average molecular weight is 797 g/mol. The summed E-state index contributed by atoms with van der Waals surface area (Å²) in [6.07, 6.45) is 35.8. The minimum Gasteiger partial charge on any atom is -0.462 e. The molecule has 0 spiro atoms. The molecule has 0 saturated heterocycles. The number of phosphoric ester groups is 1. The van der Waals surface area contributed by atoms with Gasteiger partial charge in [-0.15, -0.1) is 0 Å². The van der Waals surface area contributed by atoms with Gasteiger partial charge in [0.05, 0.1) is 19.8 Å². The first-order chi connectivity index (χ1) is 26.1. The number of unbranched alkanes of at least 4 members (excludes halogenated alkanes) is 28. The Bertz CT molecular complexity index is 835. The molecular formula is C42H85O11P. The molecule has 1 atom stereocenters. The molecule has 0 fully saturated rings. The topological polar surface area (TPSA) is 180 Å². The molecule has 11 nitrogen and oxygen atoms in total. The predicted octanol–water partition coefficient (Wildman–Crippen LogP) is 10.4. The molecule has 0 bridgehead atoms. The van der Waals surface area contributed by atoms with Gasteiger partial charge in [-0.1, -0.05) is 194 Å². The van der Waals surface area contributed by atoms with Crippen molar-refractivity contribution >= 4 is 19.8 Å². The number of aliphatic hydroxyl groups excluding tert-OH is 3. The lowest BCUT2D eigenvalue weighted by atomic mass is 10.0. The van der Waals surface area contributed by atoms with Crippen LogP contribution in [-0.4, -0.2) is 75.7 Å². The summed E-state index contributed by atoms with van der Waals surface area (Å²) >= 11 is 0. The van der Waals surface area contributed by atoms with Gasteiger partial charge in [0.2, 0.25) is 0 Å². The van der Waals surface area contributed by atoms with E-state index in [9.17, 15) is 14.2 Å². The number of carbonyl (C=O) groups excluding carboxylic acids is 2. The van der Waals surface area contributed by atoms with Crippen molar-refractivity contribution in [3.8, 4) is 0 Å². The van der Waals surface area contributed by atoms with Crippen LogP contribution in [0.2, 0.25) is 0 Å². The zero-order valence-electron chi connectivity index (χ0n) is 34.7. The van der Waals surface area contributed by atoms with E-state index in [0.717, 1.165) is 32.1 Å². The van der Waals surface area contributed by atoms with Crippen LogP contribution in [0.25, 0.3) is 0 Å². The van der Waals surface area contributed by atoms with Crippen LogP contribution >= 0.6 is 7.82 Å². The number of hydrogen-bond donors (Lipinski definition) is 5. The zero-order chi connectivity index (χ0) is 40.4. The summed E-state index contributed by atoms with van der Waals surface area (Å²) in [6.45, 7) is 2.98. The maximum atomic E-state index is 12.4. The number of ether oxygens (including phenoxy) is 2. The van der Waals surface area contributed by atoms with Crippen LogP contribution in [0.1, 0.15) is 219 Å². The smallest absolute Gasteiger partial charge is 0.462 e. The van der Waals surface area contributed by atoms with Gasteiger partial charge in [-0.3, -0.25) is 14.1 Å². The Labute approximate surface area is 330 Å². The molecule has 0 heterocycles. The Morgan fingerprint density at radius 3 is 1.06 bits per heavy atom. The number of phosphoric acid groups is 1. The van der Waals surface area contributed by atoms with E-state index in [-0.39, 0.29) is 32.7 Å². The molecule has 54 heavy (non-hydrogen) atoms. The van der Waals surface area contributed by atoms with E-state index in [2.05, 4.69) is 18.4 Å². The number of aliphatic hydroxyl groups is 3. The highest BCUT2D eigenvalue weighted by molar-refractivity contribution is 7.46. The van der Waals surface area contributed by atoms with Gasteiger partial charge in [0.15, 0.2) is 6.10 Å². The molecule has 324 valence electrons. The first-order valence-electron chi connectivity index (χ1n) is 22.0. The minimum atomic E-state index is -4.74. The highest BCUT2D eigenvalue weighted by atomic mass is 31.2. The van der Waals surface area contributed by atoms with Gasteiger partial charge in [0.25, 0.3) is 0 Å². The van der Waals surface area contributed by atoms with Gasteiger partial charge in [0.1, 0.15) is 12.7 Å². The highest BCUT2D eigenvalue weighted by Gasteiger charge is 2.23. The monoisotopic (exact) mass is 797 g/mol. The second-order valence-corrected chi connectivity index (χ2v) is 16.2. The fraction of sp³-hybridized carbons (Fsp3) is 0.952. The van der Waals surface area contributed by atoms with Crippen molar-refractivity contribution in [1.29, 1.82) is 0 Å². The van der Waals surface area contributed by atoms with Gasteiger partial charge in [-0.2, -0.15) is 0 Å². The molecule has 0 aromatic carbocycles. The van der Waals surface area contributed by atoms with Crippen molar-refractivity contribution in [2.45, 2.75) is 232 Å². The van der Waals surface area contributed by atoms with E-state index in [1.54, 1.807) is 0 Å². The van der Waals surface area contributed by atoms with Gasteiger partial charge in [0, 0.05) is 12.8 Å². The maximum absolute atomic E-state index is 12.4. The molecule has 0 aromatic heterocycles. The number of hydrogen-bond acceptors (Lipinski definition) is 9. The summed E-state index contributed by atoms with van der Waals surface area (Å²) in [5, 5.41) is 24.0. The first kappa shape index (κ1) is 55.0. The van der Waals surface area contributed by atoms with Crippen LogP contribution in [0.15, 0.2) is 0 Å². The van der Waals surface area contributed by atoms with Gasteiger partial charge < -0.3 is 34.6 Å². The minimum absolute atomic E-state index is 0.220. The molecule has 0 saturated carbocycles. The summed E-state index contributed by atoms with van der Waals surface area (Å²) in [7, 11) is -4.74. The third-order valence-electron chi connectivity index (χ3n) is 9.55. The number of rotatable bonds is 40. The van der Waals surface area contributed by atoms with Crippen LogP contribution < -0.4 is 0 Å². The van der Waals surface area contributed by atoms with E-state index in [4.69, 9.17) is 34.6 Å². The zero-order valence-corrected chi connectivity index (χ0v) is 35.6. The summed E-state index contributed by atoms with van der Waals surface area (Å²) < 4.78 is 26.4. The second-order valence-electron chi connectivity index (χ2n) is 15.0. The normalized spacial score (nSPS) is 12.1. The van der Waals surface area contributed by atoms with Gasteiger partial charge in [-0.25, -0.2) is 4.57 Å².